The topological polar surface area (TPSA) is 34.0 Å². The quantitative estimate of drug-likeness (QED) is 0.386. The number of aromatic nitrogens is 1. The molecule has 6 heteroatoms. The van der Waals surface area contributed by atoms with Crippen LogP contribution in [0.4, 0.5) is 14.5 Å². The van der Waals surface area contributed by atoms with Crippen molar-refractivity contribution in [1.29, 1.82) is 0 Å². The SMILES string of the molecule is Cc1cccc(Cn2cc(SCC(=O)Nc3ccc(F)cc3F)c3ccccc32)c1. The number of amides is 1. The summed E-state index contributed by atoms with van der Waals surface area (Å²) in [6.45, 7) is 2.80. The van der Waals surface area contributed by atoms with Crippen molar-refractivity contribution in [2.45, 2.75) is 18.4 Å². The third-order valence-corrected chi connectivity index (χ3v) is 5.79. The van der Waals surface area contributed by atoms with Gasteiger partial charge < -0.3 is 9.88 Å². The van der Waals surface area contributed by atoms with E-state index in [1.54, 1.807) is 0 Å². The van der Waals surface area contributed by atoms with Gasteiger partial charge in [-0.15, -0.1) is 11.8 Å². The molecule has 0 atom stereocenters. The van der Waals surface area contributed by atoms with Crippen molar-refractivity contribution in [3.63, 3.8) is 0 Å². The number of nitrogens with zero attached hydrogens (tertiary/aromatic N) is 1. The molecule has 0 aliphatic carbocycles. The van der Waals surface area contributed by atoms with Crippen molar-refractivity contribution in [2.75, 3.05) is 11.1 Å². The Bertz CT molecular complexity index is 1220. The Morgan fingerprint density at radius 3 is 2.67 bits per heavy atom. The van der Waals surface area contributed by atoms with Crippen molar-refractivity contribution >= 4 is 34.3 Å². The van der Waals surface area contributed by atoms with E-state index in [-0.39, 0.29) is 17.3 Å². The van der Waals surface area contributed by atoms with E-state index < -0.39 is 11.6 Å². The number of carbonyl (C=O) groups excluding carboxylic acids is 1. The van der Waals surface area contributed by atoms with E-state index in [4.69, 9.17) is 0 Å². The predicted octanol–water partition coefficient (Wildman–Crippen LogP) is 6.01. The first kappa shape index (κ1) is 20.2. The van der Waals surface area contributed by atoms with Crippen LogP contribution in [0.2, 0.25) is 0 Å². The minimum Gasteiger partial charge on any atom is -0.342 e. The molecule has 4 rings (SSSR count). The fourth-order valence-electron chi connectivity index (χ4n) is 3.39. The number of benzene rings is 3. The highest BCUT2D eigenvalue weighted by atomic mass is 32.2. The summed E-state index contributed by atoms with van der Waals surface area (Å²) >= 11 is 1.39. The normalized spacial score (nSPS) is 11.0. The van der Waals surface area contributed by atoms with E-state index in [0.29, 0.717) is 0 Å². The maximum atomic E-state index is 13.8. The first-order valence-electron chi connectivity index (χ1n) is 9.51. The van der Waals surface area contributed by atoms with E-state index in [1.165, 1.54) is 29.0 Å². The zero-order valence-electron chi connectivity index (χ0n) is 16.4. The average Bonchev–Trinajstić information content (AvgIpc) is 3.06. The number of fused-ring (bicyclic) bond motifs is 1. The number of carbonyl (C=O) groups is 1. The lowest BCUT2D eigenvalue weighted by Crippen LogP contribution is -2.15. The van der Waals surface area contributed by atoms with Crippen molar-refractivity contribution < 1.29 is 13.6 Å². The van der Waals surface area contributed by atoms with Crippen LogP contribution in [0.1, 0.15) is 11.1 Å². The molecule has 1 amide bonds. The van der Waals surface area contributed by atoms with Crippen LogP contribution in [-0.2, 0) is 11.3 Å². The summed E-state index contributed by atoms with van der Waals surface area (Å²) in [5, 5.41) is 3.57. The van der Waals surface area contributed by atoms with Gasteiger partial charge in [0.25, 0.3) is 0 Å². The Hall–Kier alpha value is -3.12. The molecule has 30 heavy (non-hydrogen) atoms. The number of aryl methyl sites for hydroxylation is 1. The number of hydrogen-bond donors (Lipinski definition) is 1. The largest absolute Gasteiger partial charge is 0.342 e. The predicted molar refractivity (Wildman–Crippen MR) is 118 cm³/mol. The van der Waals surface area contributed by atoms with Gasteiger partial charge in [-0.05, 0) is 30.7 Å². The third kappa shape index (κ3) is 4.54. The van der Waals surface area contributed by atoms with Gasteiger partial charge in [-0.25, -0.2) is 8.78 Å². The molecule has 0 unspecified atom stereocenters. The Morgan fingerprint density at radius 2 is 1.87 bits per heavy atom. The zero-order chi connectivity index (χ0) is 21.1. The van der Waals surface area contributed by atoms with Crippen LogP contribution in [0.3, 0.4) is 0 Å². The van der Waals surface area contributed by atoms with Gasteiger partial charge in [0, 0.05) is 34.6 Å². The third-order valence-electron chi connectivity index (χ3n) is 4.75. The Labute approximate surface area is 177 Å². The maximum Gasteiger partial charge on any atom is 0.234 e. The molecule has 1 N–H and O–H groups in total. The lowest BCUT2D eigenvalue weighted by atomic mass is 10.1. The van der Waals surface area contributed by atoms with Crippen LogP contribution in [-0.4, -0.2) is 16.2 Å². The molecule has 0 bridgehead atoms. The number of rotatable bonds is 6. The molecule has 152 valence electrons. The van der Waals surface area contributed by atoms with Crippen molar-refractivity contribution in [3.8, 4) is 0 Å². The molecule has 0 aliphatic rings. The summed E-state index contributed by atoms with van der Waals surface area (Å²) in [5.74, 6) is -1.69. The van der Waals surface area contributed by atoms with Crippen LogP contribution in [0.5, 0.6) is 0 Å². The number of halogens is 2. The molecule has 0 saturated heterocycles. The highest BCUT2D eigenvalue weighted by molar-refractivity contribution is 8.00. The maximum absolute atomic E-state index is 13.8. The van der Waals surface area contributed by atoms with E-state index in [9.17, 15) is 13.6 Å². The minimum absolute atomic E-state index is 0.0242. The van der Waals surface area contributed by atoms with Crippen LogP contribution >= 0.6 is 11.8 Å². The second-order valence-electron chi connectivity index (χ2n) is 7.09. The van der Waals surface area contributed by atoms with E-state index >= 15 is 0 Å². The van der Waals surface area contributed by atoms with Gasteiger partial charge in [0.15, 0.2) is 0 Å². The molecule has 1 aromatic heterocycles. The lowest BCUT2D eigenvalue weighted by Gasteiger charge is -2.06. The standard InChI is InChI=1S/C24H20F2N2OS/c1-16-5-4-6-17(11-16)13-28-14-23(19-7-2-3-8-22(19)28)30-15-24(29)27-21-10-9-18(25)12-20(21)26/h2-12,14H,13,15H2,1H3,(H,27,29). The number of anilines is 1. The molecule has 0 spiro atoms. The van der Waals surface area contributed by atoms with Crippen LogP contribution in [0.25, 0.3) is 10.9 Å². The van der Waals surface area contributed by atoms with Crippen molar-refractivity contribution in [3.05, 3.63) is 95.7 Å². The summed E-state index contributed by atoms with van der Waals surface area (Å²) in [7, 11) is 0. The molecule has 1 heterocycles. The summed E-state index contributed by atoms with van der Waals surface area (Å²) in [4.78, 5) is 13.3. The molecule has 3 nitrogen and oxygen atoms in total. The Balaban J connectivity index is 1.51. The highest BCUT2D eigenvalue weighted by Gasteiger charge is 2.13. The van der Waals surface area contributed by atoms with E-state index in [2.05, 4.69) is 41.1 Å². The average molecular weight is 423 g/mol. The summed E-state index contributed by atoms with van der Waals surface area (Å²) in [6, 6.07) is 19.5. The van der Waals surface area contributed by atoms with Gasteiger partial charge in [-0.3, -0.25) is 4.79 Å². The van der Waals surface area contributed by atoms with Crippen LogP contribution in [0.15, 0.2) is 77.8 Å². The number of para-hydroxylation sites is 1. The summed E-state index contributed by atoms with van der Waals surface area (Å²) in [6.07, 6.45) is 2.05. The second-order valence-corrected chi connectivity index (χ2v) is 8.11. The number of hydrogen-bond acceptors (Lipinski definition) is 2. The van der Waals surface area contributed by atoms with Crippen LogP contribution < -0.4 is 5.32 Å². The fraction of sp³-hybridized carbons (Fsp3) is 0.125. The molecule has 0 radical (unpaired) electrons. The molecular formula is C24H20F2N2OS. The molecule has 3 aromatic carbocycles. The zero-order valence-corrected chi connectivity index (χ0v) is 17.2. The monoisotopic (exact) mass is 422 g/mol. The molecule has 0 aliphatic heterocycles. The van der Waals surface area contributed by atoms with Gasteiger partial charge in [0.1, 0.15) is 11.6 Å². The second kappa shape index (κ2) is 8.71. The van der Waals surface area contributed by atoms with Gasteiger partial charge in [0.05, 0.1) is 11.4 Å². The highest BCUT2D eigenvalue weighted by Crippen LogP contribution is 2.31. The number of thioether (sulfide) groups is 1. The smallest absolute Gasteiger partial charge is 0.234 e. The molecule has 4 aromatic rings. The molecule has 0 saturated carbocycles. The summed E-state index contributed by atoms with van der Waals surface area (Å²) < 4.78 is 29.0. The van der Waals surface area contributed by atoms with E-state index in [0.717, 1.165) is 34.5 Å². The fourth-order valence-corrected chi connectivity index (χ4v) is 4.28. The minimum atomic E-state index is -0.789. The Kier molecular flexibility index (Phi) is 5.86. The van der Waals surface area contributed by atoms with E-state index in [1.807, 2.05) is 30.5 Å². The molecular weight excluding hydrogens is 402 g/mol. The lowest BCUT2D eigenvalue weighted by molar-refractivity contribution is -0.113. The first-order chi connectivity index (χ1) is 14.5. The van der Waals surface area contributed by atoms with Gasteiger partial charge >= 0.3 is 0 Å². The number of nitrogens with one attached hydrogen (secondary N) is 1. The first-order valence-corrected chi connectivity index (χ1v) is 10.5. The summed E-state index contributed by atoms with van der Waals surface area (Å²) in [5.41, 5.74) is 3.48. The Morgan fingerprint density at radius 1 is 1.03 bits per heavy atom. The van der Waals surface area contributed by atoms with Gasteiger partial charge in [-0.2, -0.15) is 0 Å². The van der Waals surface area contributed by atoms with Crippen molar-refractivity contribution in [1.82, 2.24) is 4.57 Å². The molecule has 0 fully saturated rings. The van der Waals surface area contributed by atoms with Crippen molar-refractivity contribution in [2.24, 2.45) is 0 Å². The van der Waals surface area contributed by atoms with Gasteiger partial charge in [0.2, 0.25) is 5.91 Å². The van der Waals surface area contributed by atoms with Crippen LogP contribution in [0, 0.1) is 18.6 Å². The van der Waals surface area contributed by atoms with Gasteiger partial charge in [-0.1, -0.05) is 48.0 Å².